The molecule has 0 radical (unpaired) electrons. The van der Waals surface area contributed by atoms with Crippen molar-refractivity contribution in [1.29, 1.82) is 0 Å². The topological polar surface area (TPSA) is 148 Å². The van der Waals surface area contributed by atoms with Gasteiger partial charge in [-0.2, -0.15) is 13.2 Å². The summed E-state index contributed by atoms with van der Waals surface area (Å²) in [6, 6.07) is 5.80. The summed E-state index contributed by atoms with van der Waals surface area (Å²) in [7, 11) is 0. The lowest BCUT2D eigenvalue weighted by atomic mass is 9.99. The van der Waals surface area contributed by atoms with E-state index >= 15 is 0 Å². The van der Waals surface area contributed by atoms with Gasteiger partial charge in [-0.25, -0.2) is 10.8 Å². The van der Waals surface area contributed by atoms with E-state index in [-0.39, 0.29) is 17.5 Å². The van der Waals surface area contributed by atoms with Crippen LogP contribution in [0.2, 0.25) is 0 Å². The molecule has 9 nitrogen and oxygen atoms in total. The minimum Gasteiger partial charge on any atom is -0.396 e. The average molecular weight is 490 g/mol. The van der Waals surface area contributed by atoms with E-state index in [0.717, 1.165) is 6.07 Å². The fraction of sp³-hybridized carbons (Fsp3) is 0.348. The molecule has 0 bridgehead atoms. The molecule has 4 rings (SSSR count). The zero-order valence-corrected chi connectivity index (χ0v) is 19.0. The Bertz CT molecular complexity index is 1260. The molecule has 1 fully saturated rings. The number of aromatic nitrogens is 2. The number of hydrazine groups is 1. The lowest BCUT2D eigenvalue weighted by Gasteiger charge is -2.38. The number of carbonyl (C=O) groups is 1. The number of halogens is 3. The van der Waals surface area contributed by atoms with E-state index < -0.39 is 23.7 Å². The number of nitrogens with zero attached hydrogens (tertiary/aromatic N) is 4. The van der Waals surface area contributed by atoms with Gasteiger partial charge in [0.25, 0.3) is 5.91 Å². The van der Waals surface area contributed by atoms with Crippen molar-refractivity contribution in [2.45, 2.75) is 38.1 Å². The van der Waals surface area contributed by atoms with Crippen LogP contribution in [0.4, 0.5) is 30.4 Å². The number of nitrogens with two attached hydrogens (primary N) is 3. The number of pyridine rings is 2. The first-order valence-electron chi connectivity index (χ1n) is 11.0. The number of amides is 1. The second-order valence-electron chi connectivity index (χ2n) is 8.59. The van der Waals surface area contributed by atoms with Crippen molar-refractivity contribution in [3.63, 3.8) is 0 Å². The third-order valence-corrected chi connectivity index (χ3v) is 6.21. The molecule has 0 aliphatic carbocycles. The zero-order valence-electron chi connectivity index (χ0n) is 19.0. The van der Waals surface area contributed by atoms with Crippen LogP contribution in [0.1, 0.15) is 25.3 Å². The highest BCUT2D eigenvalue weighted by Gasteiger charge is 2.34. The lowest BCUT2D eigenvalue weighted by Crippen LogP contribution is -2.51. The summed E-state index contributed by atoms with van der Waals surface area (Å²) >= 11 is 0. The van der Waals surface area contributed by atoms with Gasteiger partial charge in [-0.3, -0.25) is 9.78 Å². The highest BCUT2D eigenvalue weighted by Crippen LogP contribution is 2.38. The van der Waals surface area contributed by atoms with E-state index in [4.69, 9.17) is 17.3 Å². The van der Waals surface area contributed by atoms with Gasteiger partial charge in [-0.05, 0) is 43.5 Å². The standard InChI is InChI=1S/C23H26F3N7O2/c1-12(34)22(35)32-6-4-15(5-7-32)33(29)20-16-8-13(2-3-19(16)30-11-18(20)27)14-9-17(23(24,25)26)21(28)31-10-14/h2-3,8-12,15,34H,4-7,27,29H2,1H3,(H2,28,31). The molecule has 12 heteroatoms. The molecule has 186 valence electrons. The van der Waals surface area contributed by atoms with Crippen molar-refractivity contribution < 1.29 is 23.1 Å². The number of rotatable bonds is 4. The largest absolute Gasteiger partial charge is 0.419 e. The number of piperidine rings is 1. The second-order valence-corrected chi connectivity index (χ2v) is 8.59. The predicted octanol–water partition coefficient (Wildman–Crippen LogP) is 2.53. The SMILES string of the molecule is CC(O)C(=O)N1CCC(N(N)c2c(N)cnc3ccc(-c4cnc(N)c(C(F)(F)F)c4)cc23)CC1. The van der Waals surface area contributed by atoms with Crippen LogP contribution in [0.5, 0.6) is 0 Å². The number of aliphatic hydroxyl groups excluding tert-OH is 1. The molecule has 3 aromatic rings. The Morgan fingerprint density at radius 3 is 2.46 bits per heavy atom. The van der Waals surface area contributed by atoms with Crippen molar-refractivity contribution in [3.05, 3.63) is 42.2 Å². The molecular weight excluding hydrogens is 463 g/mol. The van der Waals surface area contributed by atoms with E-state index in [2.05, 4.69) is 9.97 Å². The predicted molar refractivity (Wildman–Crippen MR) is 127 cm³/mol. The molecule has 7 N–H and O–H groups in total. The normalized spacial score (nSPS) is 15.9. The molecule has 1 aliphatic heterocycles. The monoisotopic (exact) mass is 489 g/mol. The van der Waals surface area contributed by atoms with Gasteiger partial charge < -0.3 is 26.5 Å². The summed E-state index contributed by atoms with van der Waals surface area (Å²) in [6.07, 6.45) is -1.85. The highest BCUT2D eigenvalue weighted by molar-refractivity contribution is 5.99. The number of anilines is 3. The van der Waals surface area contributed by atoms with E-state index in [9.17, 15) is 23.1 Å². The first-order valence-corrected chi connectivity index (χ1v) is 11.0. The molecule has 1 amide bonds. The minimum absolute atomic E-state index is 0.153. The number of nitrogen functional groups attached to an aromatic ring is 2. The molecule has 3 heterocycles. The molecule has 2 aromatic heterocycles. The van der Waals surface area contributed by atoms with Gasteiger partial charge >= 0.3 is 6.18 Å². The maximum atomic E-state index is 13.3. The van der Waals surface area contributed by atoms with Crippen molar-refractivity contribution in [2.75, 3.05) is 29.6 Å². The number of alkyl halides is 3. The van der Waals surface area contributed by atoms with Crippen LogP contribution in [-0.2, 0) is 11.0 Å². The van der Waals surface area contributed by atoms with Gasteiger partial charge in [0.2, 0.25) is 0 Å². The van der Waals surface area contributed by atoms with E-state index in [1.165, 1.54) is 24.3 Å². The molecule has 1 aromatic carbocycles. The molecule has 1 aliphatic rings. The average Bonchev–Trinajstić information content (AvgIpc) is 2.82. The molecule has 1 unspecified atom stereocenters. The van der Waals surface area contributed by atoms with Crippen LogP contribution in [0.3, 0.4) is 0 Å². The third kappa shape index (κ3) is 4.80. The fourth-order valence-electron chi connectivity index (χ4n) is 4.33. The number of fused-ring (bicyclic) bond motifs is 1. The van der Waals surface area contributed by atoms with Crippen LogP contribution in [0, 0.1) is 0 Å². The Balaban J connectivity index is 1.69. The quantitative estimate of drug-likeness (QED) is 0.323. The Morgan fingerprint density at radius 1 is 1.14 bits per heavy atom. The number of aliphatic hydroxyl groups is 1. The Labute approximate surface area is 199 Å². The van der Waals surface area contributed by atoms with Crippen LogP contribution in [0.15, 0.2) is 36.7 Å². The van der Waals surface area contributed by atoms with Gasteiger partial charge in [0.15, 0.2) is 0 Å². The fourth-order valence-corrected chi connectivity index (χ4v) is 4.33. The third-order valence-electron chi connectivity index (χ3n) is 6.21. The summed E-state index contributed by atoms with van der Waals surface area (Å²) in [5.41, 5.74) is 12.7. The van der Waals surface area contributed by atoms with Crippen LogP contribution in [0.25, 0.3) is 22.0 Å². The Hall–Kier alpha value is -3.64. The first-order chi connectivity index (χ1) is 16.5. The van der Waals surface area contributed by atoms with Crippen LogP contribution in [-0.4, -0.2) is 51.1 Å². The summed E-state index contributed by atoms with van der Waals surface area (Å²) in [4.78, 5) is 21.7. The molecule has 1 atom stereocenters. The van der Waals surface area contributed by atoms with Crippen molar-refractivity contribution in [2.24, 2.45) is 5.84 Å². The zero-order chi connectivity index (χ0) is 25.5. The minimum atomic E-state index is -4.64. The molecular formula is C23H26F3N7O2. The second kappa shape index (κ2) is 9.19. The number of carbonyl (C=O) groups excluding carboxylic acids is 1. The van der Waals surface area contributed by atoms with Crippen molar-refractivity contribution in [1.82, 2.24) is 14.9 Å². The molecule has 1 saturated heterocycles. The van der Waals surface area contributed by atoms with E-state index in [1.54, 1.807) is 23.1 Å². The van der Waals surface area contributed by atoms with Gasteiger partial charge in [-0.15, -0.1) is 0 Å². The smallest absolute Gasteiger partial charge is 0.396 e. The maximum absolute atomic E-state index is 13.3. The molecule has 0 spiro atoms. The summed E-state index contributed by atoms with van der Waals surface area (Å²) in [5.74, 6) is 5.58. The van der Waals surface area contributed by atoms with Crippen LogP contribution < -0.4 is 22.3 Å². The summed E-state index contributed by atoms with van der Waals surface area (Å²) in [5, 5.41) is 11.7. The number of benzene rings is 1. The van der Waals surface area contributed by atoms with Gasteiger partial charge in [0, 0.05) is 36.3 Å². The van der Waals surface area contributed by atoms with E-state index in [0.29, 0.717) is 53.8 Å². The van der Waals surface area contributed by atoms with E-state index in [1.807, 2.05) is 0 Å². The van der Waals surface area contributed by atoms with Crippen molar-refractivity contribution >= 4 is 34.0 Å². The summed E-state index contributed by atoms with van der Waals surface area (Å²) in [6.45, 7) is 2.28. The Morgan fingerprint density at radius 2 is 1.83 bits per heavy atom. The van der Waals surface area contributed by atoms with Gasteiger partial charge in [0.05, 0.1) is 28.7 Å². The van der Waals surface area contributed by atoms with Crippen LogP contribution >= 0.6 is 0 Å². The summed E-state index contributed by atoms with van der Waals surface area (Å²) < 4.78 is 40.0. The Kier molecular flexibility index (Phi) is 6.43. The number of likely N-dealkylation sites (tertiary alicyclic amines) is 1. The highest BCUT2D eigenvalue weighted by atomic mass is 19.4. The lowest BCUT2D eigenvalue weighted by molar-refractivity contribution is -0.140. The van der Waals surface area contributed by atoms with Gasteiger partial charge in [0.1, 0.15) is 11.9 Å². The first kappa shape index (κ1) is 24.5. The molecule has 0 saturated carbocycles. The van der Waals surface area contributed by atoms with Gasteiger partial charge in [-0.1, -0.05) is 6.07 Å². The molecule has 35 heavy (non-hydrogen) atoms. The van der Waals surface area contributed by atoms with Crippen molar-refractivity contribution in [3.8, 4) is 11.1 Å². The number of hydrogen-bond donors (Lipinski definition) is 4. The number of hydrogen-bond acceptors (Lipinski definition) is 8. The maximum Gasteiger partial charge on any atom is 0.419 e.